The third kappa shape index (κ3) is 5.26. The van der Waals surface area contributed by atoms with Crippen LogP contribution in [0.2, 0.25) is 10.0 Å². The second-order valence-electron chi connectivity index (χ2n) is 8.35. The van der Waals surface area contributed by atoms with E-state index in [9.17, 15) is 9.59 Å². The molecule has 36 heavy (non-hydrogen) atoms. The van der Waals surface area contributed by atoms with Gasteiger partial charge in [0.25, 0.3) is 5.91 Å². The molecule has 0 bridgehead atoms. The normalized spacial score (nSPS) is 11.2. The van der Waals surface area contributed by atoms with Crippen LogP contribution in [0.15, 0.2) is 88.1 Å². The Morgan fingerprint density at radius 1 is 0.944 bits per heavy atom. The summed E-state index contributed by atoms with van der Waals surface area (Å²) in [6, 6.07) is 24.2. The standard InChI is InChI=1S/C28H22Cl2N2O3S/c29-19-11-12-21-24(15-19)36-27(26(21)30)28(34)32(17-18-7-2-1-3-8-18)14-6-13-31-22-16-25(33)35-23-10-5-4-9-20(22)23/h1-5,7-12,15-16,31H,6,13-14,17H2. The second-order valence-corrected chi connectivity index (χ2v) is 10.2. The summed E-state index contributed by atoms with van der Waals surface area (Å²) in [5.41, 5.74) is 1.88. The number of halogens is 2. The number of hydrogen-bond acceptors (Lipinski definition) is 5. The van der Waals surface area contributed by atoms with E-state index in [1.165, 1.54) is 17.4 Å². The molecule has 0 aliphatic carbocycles. The predicted octanol–water partition coefficient (Wildman–Crippen LogP) is 7.46. The minimum atomic E-state index is -0.406. The third-order valence-electron chi connectivity index (χ3n) is 5.86. The number of para-hydroxylation sites is 1. The van der Waals surface area contributed by atoms with Crippen LogP contribution in [0.5, 0.6) is 0 Å². The number of hydrogen-bond donors (Lipinski definition) is 1. The first kappa shape index (κ1) is 24.4. The summed E-state index contributed by atoms with van der Waals surface area (Å²) in [7, 11) is 0. The van der Waals surface area contributed by atoms with E-state index in [4.69, 9.17) is 27.6 Å². The zero-order valence-corrected chi connectivity index (χ0v) is 21.5. The predicted molar refractivity (Wildman–Crippen MR) is 149 cm³/mol. The molecule has 0 atom stereocenters. The van der Waals surface area contributed by atoms with E-state index < -0.39 is 5.63 Å². The van der Waals surface area contributed by atoms with Crippen LogP contribution >= 0.6 is 34.5 Å². The van der Waals surface area contributed by atoms with E-state index >= 15 is 0 Å². The van der Waals surface area contributed by atoms with Crippen molar-refractivity contribution in [2.45, 2.75) is 13.0 Å². The molecule has 0 aliphatic rings. The molecule has 0 aliphatic heterocycles. The molecule has 0 unspecified atom stereocenters. The maximum atomic E-state index is 13.7. The highest BCUT2D eigenvalue weighted by Gasteiger charge is 2.23. The molecule has 5 aromatic rings. The Bertz CT molecular complexity index is 1600. The lowest BCUT2D eigenvalue weighted by Crippen LogP contribution is -2.32. The van der Waals surface area contributed by atoms with Gasteiger partial charge in [-0.25, -0.2) is 4.79 Å². The number of nitrogens with zero attached hydrogens (tertiary/aromatic N) is 1. The van der Waals surface area contributed by atoms with Crippen LogP contribution in [0, 0.1) is 0 Å². The van der Waals surface area contributed by atoms with Gasteiger partial charge >= 0.3 is 5.63 Å². The van der Waals surface area contributed by atoms with E-state index in [1.807, 2.05) is 65.6 Å². The van der Waals surface area contributed by atoms with Crippen LogP contribution in [0.4, 0.5) is 5.69 Å². The quantitative estimate of drug-likeness (QED) is 0.165. The van der Waals surface area contributed by atoms with Gasteiger partial charge in [0.05, 0.1) is 10.7 Å². The summed E-state index contributed by atoms with van der Waals surface area (Å²) in [6.07, 6.45) is 0.668. The minimum absolute atomic E-state index is 0.119. The molecule has 182 valence electrons. The lowest BCUT2D eigenvalue weighted by Gasteiger charge is -2.23. The first-order chi connectivity index (χ1) is 17.5. The highest BCUT2D eigenvalue weighted by Crippen LogP contribution is 2.37. The maximum Gasteiger partial charge on any atom is 0.338 e. The van der Waals surface area contributed by atoms with Crippen LogP contribution < -0.4 is 10.9 Å². The zero-order valence-electron chi connectivity index (χ0n) is 19.2. The Morgan fingerprint density at radius 2 is 1.72 bits per heavy atom. The van der Waals surface area contributed by atoms with Crippen molar-refractivity contribution < 1.29 is 9.21 Å². The fourth-order valence-electron chi connectivity index (χ4n) is 4.13. The van der Waals surface area contributed by atoms with Crippen molar-refractivity contribution in [3.05, 3.63) is 110 Å². The van der Waals surface area contributed by atoms with Crippen LogP contribution in [0.3, 0.4) is 0 Å². The summed E-state index contributed by atoms with van der Waals surface area (Å²) in [4.78, 5) is 27.9. The first-order valence-corrected chi connectivity index (χ1v) is 13.0. The molecule has 2 heterocycles. The summed E-state index contributed by atoms with van der Waals surface area (Å²) in [5, 5.41) is 6.05. The molecule has 0 fully saturated rings. The lowest BCUT2D eigenvalue weighted by atomic mass is 10.2. The van der Waals surface area contributed by atoms with Gasteiger partial charge in [-0.05, 0) is 36.2 Å². The van der Waals surface area contributed by atoms with Gasteiger partial charge in [0.1, 0.15) is 10.5 Å². The SMILES string of the molecule is O=C(c1sc2cc(Cl)ccc2c1Cl)N(CCCNc1cc(=O)oc2ccccc12)Cc1ccccc1. The Kier molecular flexibility index (Phi) is 7.28. The summed E-state index contributed by atoms with van der Waals surface area (Å²) in [6.45, 7) is 1.54. The van der Waals surface area contributed by atoms with E-state index in [-0.39, 0.29) is 5.91 Å². The Hall–Kier alpha value is -3.32. The number of carbonyl (C=O) groups is 1. The van der Waals surface area contributed by atoms with Crippen LogP contribution in [0.1, 0.15) is 21.7 Å². The molecule has 1 amide bonds. The number of amides is 1. The average Bonchev–Trinajstić information content (AvgIpc) is 3.21. The van der Waals surface area contributed by atoms with Gasteiger partial charge in [-0.3, -0.25) is 4.79 Å². The highest BCUT2D eigenvalue weighted by molar-refractivity contribution is 7.21. The summed E-state index contributed by atoms with van der Waals surface area (Å²) >= 11 is 14.1. The van der Waals surface area contributed by atoms with Crippen molar-refractivity contribution >= 4 is 67.2 Å². The fourth-order valence-corrected chi connectivity index (χ4v) is 5.88. The van der Waals surface area contributed by atoms with Gasteiger partial charge < -0.3 is 14.6 Å². The van der Waals surface area contributed by atoms with E-state index in [2.05, 4.69) is 5.32 Å². The maximum absolute atomic E-state index is 13.7. The molecule has 3 aromatic carbocycles. The van der Waals surface area contributed by atoms with Crippen LogP contribution in [-0.4, -0.2) is 23.9 Å². The molecule has 0 saturated heterocycles. The Morgan fingerprint density at radius 3 is 2.56 bits per heavy atom. The molecule has 0 spiro atoms. The largest absolute Gasteiger partial charge is 0.423 e. The third-order valence-corrected chi connectivity index (χ3v) is 7.74. The lowest BCUT2D eigenvalue weighted by molar-refractivity contribution is 0.0748. The van der Waals surface area contributed by atoms with E-state index in [1.54, 1.807) is 12.1 Å². The number of benzene rings is 3. The molecule has 2 aromatic heterocycles. The van der Waals surface area contributed by atoms with Gasteiger partial charge in [-0.2, -0.15) is 0 Å². The fraction of sp³-hybridized carbons (Fsp3) is 0.143. The molecule has 0 radical (unpaired) electrons. The van der Waals surface area contributed by atoms with Crippen molar-refractivity contribution in [3.63, 3.8) is 0 Å². The second kappa shape index (κ2) is 10.7. The number of nitrogens with one attached hydrogen (secondary N) is 1. The van der Waals surface area contributed by atoms with E-state index in [0.29, 0.717) is 52.2 Å². The first-order valence-electron chi connectivity index (χ1n) is 11.5. The molecule has 5 nitrogen and oxygen atoms in total. The minimum Gasteiger partial charge on any atom is -0.423 e. The summed E-state index contributed by atoms with van der Waals surface area (Å²) in [5.74, 6) is -0.119. The van der Waals surface area contributed by atoms with Crippen molar-refractivity contribution in [1.29, 1.82) is 0 Å². The van der Waals surface area contributed by atoms with Crippen molar-refractivity contribution in [2.75, 3.05) is 18.4 Å². The van der Waals surface area contributed by atoms with Gasteiger partial charge in [-0.15, -0.1) is 11.3 Å². The number of thiophene rings is 1. The number of carbonyl (C=O) groups excluding carboxylic acids is 1. The van der Waals surface area contributed by atoms with Crippen molar-refractivity contribution in [3.8, 4) is 0 Å². The van der Waals surface area contributed by atoms with Gasteiger partial charge in [-0.1, -0.05) is 71.7 Å². The number of fused-ring (bicyclic) bond motifs is 2. The van der Waals surface area contributed by atoms with Gasteiger partial charge in [0.2, 0.25) is 0 Å². The molecule has 1 N–H and O–H groups in total. The van der Waals surface area contributed by atoms with Gasteiger partial charge in [0.15, 0.2) is 0 Å². The Balaban J connectivity index is 1.35. The van der Waals surface area contributed by atoms with Crippen molar-refractivity contribution in [2.24, 2.45) is 0 Å². The smallest absolute Gasteiger partial charge is 0.338 e. The molecular weight excluding hydrogens is 515 g/mol. The van der Waals surface area contributed by atoms with Crippen LogP contribution in [0.25, 0.3) is 21.1 Å². The zero-order chi connectivity index (χ0) is 25.1. The monoisotopic (exact) mass is 536 g/mol. The molecular formula is C28H22Cl2N2O3S. The average molecular weight is 537 g/mol. The summed E-state index contributed by atoms with van der Waals surface area (Å²) < 4.78 is 6.15. The highest BCUT2D eigenvalue weighted by atomic mass is 35.5. The number of anilines is 1. The van der Waals surface area contributed by atoms with E-state index in [0.717, 1.165) is 21.0 Å². The topological polar surface area (TPSA) is 62.6 Å². The number of rotatable bonds is 8. The molecule has 5 rings (SSSR count). The molecule has 8 heteroatoms. The van der Waals surface area contributed by atoms with Crippen molar-refractivity contribution in [1.82, 2.24) is 4.90 Å². The van der Waals surface area contributed by atoms with Gasteiger partial charge in [0, 0.05) is 46.2 Å². The Labute approximate surface area is 221 Å². The molecule has 0 saturated carbocycles. The van der Waals surface area contributed by atoms with Crippen LogP contribution in [-0.2, 0) is 6.54 Å².